The van der Waals surface area contributed by atoms with E-state index >= 15 is 0 Å². The molecule has 3 heterocycles. The van der Waals surface area contributed by atoms with Gasteiger partial charge in [0.2, 0.25) is 0 Å². The Labute approximate surface area is 302 Å². The molecule has 244 valence electrons. The van der Waals surface area contributed by atoms with Gasteiger partial charge in [-0.25, -0.2) is 19.9 Å². The first-order valence-electron chi connectivity index (χ1n) is 17.2. The molecule has 0 aliphatic heterocycles. The number of nitrogens with zero attached hydrogens (tertiary/aromatic N) is 5. The van der Waals surface area contributed by atoms with Crippen molar-refractivity contribution in [3.63, 3.8) is 0 Å². The standard InChI is InChI=1S/C47H31N5/c1-4-11-32(12-5-1)37-22-23-43-44(28-37)51-47(52-45(43)36-15-8-3-9-16-36)41-26-39(35-20-18-34(19-21-35)38-17-10-24-48-29-38)25-40(27-41)46-49-30-42(31-50-46)33-13-6-2-7-14-33/h1-31H. The van der Waals surface area contributed by atoms with Crippen LogP contribution in [0.1, 0.15) is 0 Å². The zero-order valence-corrected chi connectivity index (χ0v) is 28.1. The van der Waals surface area contributed by atoms with Crippen LogP contribution in [0.25, 0.3) is 89.4 Å². The van der Waals surface area contributed by atoms with Gasteiger partial charge in [-0.05, 0) is 75.3 Å². The van der Waals surface area contributed by atoms with Crippen LogP contribution in [0.5, 0.6) is 0 Å². The highest BCUT2D eigenvalue weighted by Crippen LogP contribution is 2.36. The van der Waals surface area contributed by atoms with Crippen LogP contribution in [0.15, 0.2) is 189 Å². The summed E-state index contributed by atoms with van der Waals surface area (Å²) in [6.07, 6.45) is 7.45. The Morgan fingerprint density at radius 3 is 1.46 bits per heavy atom. The minimum Gasteiger partial charge on any atom is -0.264 e. The van der Waals surface area contributed by atoms with Gasteiger partial charge in [0, 0.05) is 52.4 Å². The molecular formula is C47H31N5. The lowest BCUT2D eigenvalue weighted by molar-refractivity contribution is 1.17. The molecule has 0 fully saturated rings. The van der Waals surface area contributed by atoms with E-state index in [-0.39, 0.29) is 0 Å². The molecule has 0 aliphatic rings. The highest BCUT2D eigenvalue weighted by atomic mass is 14.9. The Hall–Kier alpha value is -7.11. The average Bonchev–Trinajstić information content (AvgIpc) is 3.24. The minimum absolute atomic E-state index is 0.630. The third-order valence-corrected chi connectivity index (χ3v) is 9.27. The first kappa shape index (κ1) is 30.9. The Balaban J connectivity index is 1.22. The molecule has 52 heavy (non-hydrogen) atoms. The van der Waals surface area contributed by atoms with E-state index in [2.05, 4.69) is 120 Å². The van der Waals surface area contributed by atoms with Crippen LogP contribution in [-0.2, 0) is 0 Å². The maximum absolute atomic E-state index is 5.26. The van der Waals surface area contributed by atoms with Crippen LogP contribution < -0.4 is 0 Å². The van der Waals surface area contributed by atoms with E-state index in [0.29, 0.717) is 11.6 Å². The average molecular weight is 666 g/mol. The van der Waals surface area contributed by atoms with Crippen molar-refractivity contribution in [2.24, 2.45) is 0 Å². The molecule has 9 aromatic rings. The molecule has 3 aromatic heterocycles. The van der Waals surface area contributed by atoms with E-state index < -0.39 is 0 Å². The smallest absolute Gasteiger partial charge is 0.160 e. The second-order valence-electron chi connectivity index (χ2n) is 12.6. The number of aromatic nitrogens is 5. The number of rotatable bonds is 7. The number of hydrogen-bond acceptors (Lipinski definition) is 5. The second kappa shape index (κ2) is 13.7. The zero-order valence-electron chi connectivity index (χ0n) is 28.1. The fraction of sp³-hybridized carbons (Fsp3) is 0. The highest BCUT2D eigenvalue weighted by Gasteiger charge is 2.16. The molecule has 5 heteroatoms. The van der Waals surface area contributed by atoms with Gasteiger partial charge in [-0.15, -0.1) is 0 Å². The molecule has 0 bridgehead atoms. The Morgan fingerprint density at radius 1 is 0.308 bits per heavy atom. The molecule has 9 rings (SSSR count). The highest BCUT2D eigenvalue weighted by molar-refractivity contribution is 5.96. The molecule has 0 unspecified atom stereocenters. The van der Waals surface area contributed by atoms with Gasteiger partial charge in [-0.1, -0.05) is 127 Å². The van der Waals surface area contributed by atoms with E-state index in [9.17, 15) is 0 Å². The predicted molar refractivity (Wildman–Crippen MR) is 211 cm³/mol. The van der Waals surface area contributed by atoms with Crippen molar-refractivity contribution in [3.05, 3.63) is 189 Å². The molecule has 0 radical (unpaired) electrons. The van der Waals surface area contributed by atoms with Crippen LogP contribution in [-0.4, -0.2) is 24.9 Å². The third-order valence-electron chi connectivity index (χ3n) is 9.27. The van der Waals surface area contributed by atoms with E-state index in [1.165, 1.54) is 0 Å². The third kappa shape index (κ3) is 6.23. The maximum Gasteiger partial charge on any atom is 0.160 e. The summed E-state index contributed by atoms with van der Waals surface area (Å²) < 4.78 is 0. The summed E-state index contributed by atoms with van der Waals surface area (Å²) in [5, 5.41) is 0.997. The lowest BCUT2D eigenvalue weighted by Crippen LogP contribution is -1.97. The van der Waals surface area contributed by atoms with Gasteiger partial charge in [-0.3, -0.25) is 4.98 Å². The second-order valence-corrected chi connectivity index (χ2v) is 12.6. The van der Waals surface area contributed by atoms with Gasteiger partial charge in [0.05, 0.1) is 11.2 Å². The SMILES string of the molecule is c1ccc(-c2cnc(-c3cc(-c4ccc(-c5cccnc5)cc4)cc(-c4nc(-c5ccccc5)c5ccc(-c6ccccc6)cc5n4)c3)nc2)cc1. The summed E-state index contributed by atoms with van der Waals surface area (Å²) in [6.45, 7) is 0. The molecule has 0 aliphatic carbocycles. The lowest BCUT2D eigenvalue weighted by Gasteiger charge is -2.13. The van der Waals surface area contributed by atoms with Crippen molar-refractivity contribution in [2.45, 2.75) is 0 Å². The predicted octanol–water partition coefficient (Wildman–Crippen LogP) is 11.5. The number of benzene rings is 6. The summed E-state index contributed by atoms with van der Waals surface area (Å²) in [6, 6.07) is 56.4. The molecular weight excluding hydrogens is 635 g/mol. The number of pyridine rings is 1. The summed E-state index contributed by atoms with van der Waals surface area (Å²) in [5.41, 5.74) is 13.1. The van der Waals surface area contributed by atoms with Crippen molar-refractivity contribution < 1.29 is 0 Å². The van der Waals surface area contributed by atoms with Gasteiger partial charge < -0.3 is 0 Å². The van der Waals surface area contributed by atoms with E-state index in [1.807, 2.05) is 67.1 Å². The van der Waals surface area contributed by atoms with Crippen LogP contribution in [0.2, 0.25) is 0 Å². The lowest BCUT2D eigenvalue weighted by atomic mass is 9.96. The van der Waals surface area contributed by atoms with Crippen LogP contribution in [0.4, 0.5) is 0 Å². The van der Waals surface area contributed by atoms with Gasteiger partial charge in [-0.2, -0.15) is 0 Å². The molecule has 0 saturated heterocycles. The van der Waals surface area contributed by atoms with Gasteiger partial charge in [0.15, 0.2) is 11.6 Å². The van der Waals surface area contributed by atoms with E-state index in [0.717, 1.165) is 77.8 Å². The van der Waals surface area contributed by atoms with Gasteiger partial charge in [0.1, 0.15) is 0 Å². The van der Waals surface area contributed by atoms with Crippen molar-refractivity contribution in [3.8, 4) is 78.5 Å². The van der Waals surface area contributed by atoms with E-state index in [4.69, 9.17) is 19.9 Å². The summed E-state index contributed by atoms with van der Waals surface area (Å²) >= 11 is 0. The Kier molecular flexibility index (Phi) is 8.12. The van der Waals surface area contributed by atoms with Crippen molar-refractivity contribution in [2.75, 3.05) is 0 Å². The van der Waals surface area contributed by atoms with Crippen LogP contribution in [0, 0.1) is 0 Å². The minimum atomic E-state index is 0.630. The Bertz CT molecular complexity index is 2530. The largest absolute Gasteiger partial charge is 0.264 e. The first-order chi connectivity index (χ1) is 25.7. The van der Waals surface area contributed by atoms with Gasteiger partial charge >= 0.3 is 0 Å². The summed E-state index contributed by atoms with van der Waals surface area (Å²) in [7, 11) is 0. The maximum atomic E-state index is 5.26. The number of fused-ring (bicyclic) bond motifs is 1. The molecule has 0 amide bonds. The van der Waals surface area contributed by atoms with Crippen molar-refractivity contribution >= 4 is 10.9 Å². The molecule has 0 saturated carbocycles. The molecule has 5 nitrogen and oxygen atoms in total. The molecule has 0 N–H and O–H groups in total. The Morgan fingerprint density at radius 2 is 0.827 bits per heavy atom. The summed E-state index contributed by atoms with van der Waals surface area (Å²) in [4.78, 5) is 24.5. The normalized spacial score (nSPS) is 11.1. The first-order valence-corrected chi connectivity index (χ1v) is 17.2. The van der Waals surface area contributed by atoms with Gasteiger partial charge in [0.25, 0.3) is 0 Å². The van der Waals surface area contributed by atoms with Crippen molar-refractivity contribution in [1.82, 2.24) is 24.9 Å². The molecule has 6 aromatic carbocycles. The van der Waals surface area contributed by atoms with Crippen LogP contribution in [0.3, 0.4) is 0 Å². The van der Waals surface area contributed by atoms with Crippen molar-refractivity contribution in [1.29, 1.82) is 0 Å². The quantitative estimate of drug-likeness (QED) is 0.169. The zero-order chi connectivity index (χ0) is 34.7. The summed E-state index contributed by atoms with van der Waals surface area (Å²) in [5.74, 6) is 1.26. The molecule has 0 atom stereocenters. The fourth-order valence-corrected chi connectivity index (χ4v) is 6.58. The fourth-order valence-electron chi connectivity index (χ4n) is 6.58. The number of hydrogen-bond donors (Lipinski definition) is 0. The topological polar surface area (TPSA) is 64.5 Å². The van der Waals surface area contributed by atoms with Crippen LogP contribution >= 0.6 is 0 Å². The van der Waals surface area contributed by atoms with E-state index in [1.54, 1.807) is 6.20 Å². The molecule has 0 spiro atoms. The monoisotopic (exact) mass is 665 g/mol.